The molecule has 9 heteroatoms. The zero-order valence-corrected chi connectivity index (χ0v) is 13.4. The Kier molecular flexibility index (Phi) is 4.20. The van der Waals surface area contributed by atoms with Crippen LogP contribution in [0, 0.1) is 17.1 Å². The third-order valence-corrected chi connectivity index (χ3v) is 4.82. The zero-order chi connectivity index (χ0) is 18.4. The Morgan fingerprint density at radius 1 is 1.32 bits per heavy atom. The molecule has 0 saturated heterocycles. The van der Waals surface area contributed by atoms with Crippen LogP contribution in [0.2, 0.25) is 0 Å². The van der Waals surface area contributed by atoms with Gasteiger partial charge < -0.3 is 9.84 Å². The van der Waals surface area contributed by atoms with E-state index in [1.54, 1.807) is 6.07 Å². The molecule has 2 aromatic carbocycles. The number of primary sulfonamides is 1. The summed E-state index contributed by atoms with van der Waals surface area (Å²) >= 11 is 0. The average Bonchev–Trinajstić information content (AvgIpc) is 2.82. The molecule has 2 atom stereocenters. The van der Waals surface area contributed by atoms with Gasteiger partial charge in [-0.05, 0) is 24.3 Å². The molecule has 0 amide bonds. The van der Waals surface area contributed by atoms with Crippen molar-refractivity contribution >= 4 is 10.0 Å². The van der Waals surface area contributed by atoms with Gasteiger partial charge in [0.1, 0.15) is 29.6 Å². The number of benzene rings is 2. The molecule has 0 heterocycles. The van der Waals surface area contributed by atoms with E-state index in [1.165, 1.54) is 12.1 Å². The lowest BCUT2D eigenvalue weighted by Gasteiger charge is -2.14. The van der Waals surface area contributed by atoms with E-state index in [9.17, 15) is 22.3 Å². The molecule has 6 nitrogen and oxygen atoms in total. The van der Waals surface area contributed by atoms with Crippen molar-refractivity contribution in [3.8, 4) is 17.6 Å². The lowest BCUT2D eigenvalue weighted by atomic mass is 10.1. The Bertz CT molecular complexity index is 1000. The van der Waals surface area contributed by atoms with Gasteiger partial charge in [0.05, 0.1) is 16.5 Å². The van der Waals surface area contributed by atoms with Crippen molar-refractivity contribution in [2.45, 2.75) is 23.6 Å². The summed E-state index contributed by atoms with van der Waals surface area (Å²) in [4.78, 5) is -0.389. The topological polar surface area (TPSA) is 113 Å². The van der Waals surface area contributed by atoms with Gasteiger partial charge in [0.2, 0.25) is 10.0 Å². The first-order valence-corrected chi connectivity index (χ1v) is 8.64. The Hall–Kier alpha value is -2.54. The van der Waals surface area contributed by atoms with Crippen molar-refractivity contribution in [3.63, 3.8) is 0 Å². The highest BCUT2D eigenvalue weighted by molar-refractivity contribution is 7.89. The second-order valence-corrected chi connectivity index (χ2v) is 7.08. The summed E-state index contributed by atoms with van der Waals surface area (Å²) in [5, 5.41) is 23.9. The number of aliphatic hydroxyl groups excluding tert-OH is 1. The molecule has 0 saturated carbocycles. The van der Waals surface area contributed by atoms with Crippen LogP contribution in [0.25, 0.3) is 0 Å². The number of hydrogen-bond acceptors (Lipinski definition) is 5. The zero-order valence-electron chi connectivity index (χ0n) is 12.6. The molecule has 0 aromatic heterocycles. The standard InChI is InChI=1S/C16H12F2N2O4S/c17-9-3-8(7-19)4-10(5-9)24-13-1-2-14(25(20,22)23)15-11(13)6-12(18)16(15)21/h1-5,12,16,21H,6H2,(H2,20,22,23)/t12-,16-/m1/s1. The molecule has 0 aliphatic heterocycles. The molecule has 3 rings (SSSR count). The van der Waals surface area contributed by atoms with Gasteiger partial charge in [-0.2, -0.15) is 5.26 Å². The van der Waals surface area contributed by atoms with Crippen molar-refractivity contribution in [2.24, 2.45) is 5.14 Å². The number of nitrogens with two attached hydrogens (primary N) is 1. The van der Waals surface area contributed by atoms with Crippen molar-refractivity contribution < 1.29 is 27.0 Å². The maximum Gasteiger partial charge on any atom is 0.238 e. The molecule has 130 valence electrons. The Labute approximate surface area is 142 Å². The smallest absolute Gasteiger partial charge is 0.238 e. The van der Waals surface area contributed by atoms with E-state index in [1.807, 2.05) is 0 Å². The highest BCUT2D eigenvalue weighted by Crippen LogP contribution is 2.43. The number of rotatable bonds is 3. The molecule has 3 N–H and O–H groups in total. The fourth-order valence-corrected chi connectivity index (χ4v) is 3.61. The Balaban J connectivity index is 2.11. The molecule has 1 aliphatic carbocycles. The van der Waals surface area contributed by atoms with Crippen molar-refractivity contribution in [1.82, 2.24) is 0 Å². The van der Waals surface area contributed by atoms with Crippen LogP contribution in [-0.4, -0.2) is 19.7 Å². The highest BCUT2D eigenvalue weighted by atomic mass is 32.2. The van der Waals surface area contributed by atoms with E-state index in [2.05, 4.69) is 0 Å². The van der Waals surface area contributed by atoms with E-state index < -0.39 is 28.1 Å². The van der Waals surface area contributed by atoms with E-state index >= 15 is 0 Å². The summed E-state index contributed by atoms with van der Waals surface area (Å²) in [5.41, 5.74) is -0.00471. The SMILES string of the molecule is N#Cc1cc(F)cc(Oc2ccc(S(N)(=O)=O)c3c2C[C@@H](F)[C@H]3O)c1. The number of nitriles is 1. The van der Waals surface area contributed by atoms with Crippen LogP contribution >= 0.6 is 0 Å². The van der Waals surface area contributed by atoms with Crippen molar-refractivity contribution in [2.75, 3.05) is 0 Å². The summed E-state index contributed by atoms with van der Waals surface area (Å²) in [5.74, 6) is -0.662. The van der Waals surface area contributed by atoms with Crippen LogP contribution < -0.4 is 9.88 Å². The minimum absolute atomic E-state index is 0.0149. The van der Waals surface area contributed by atoms with E-state index in [0.717, 1.165) is 18.2 Å². The molecule has 25 heavy (non-hydrogen) atoms. The van der Waals surface area contributed by atoms with Gasteiger partial charge in [0.15, 0.2) is 0 Å². The fourth-order valence-electron chi connectivity index (χ4n) is 2.80. The molecular formula is C16H12F2N2O4S. The van der Waals surface area contributed by atoms with Crippen molar-refractivity contribution in [3.05, 3.63) is 52.8 Å². The van der Waals surface area contributed by atoms with E-state index in [4.69, 9.17) is 15.1 Å². The van der Waals surface area contributed by atoms with Gasteiger partial charge in [0, 0.05) is 23.6 Å². The average molecular weight is 366 g/mol. The van der Waals surface area contributed by atoms with E-state index in [0.29, 0.717) is 0 Å². The van der Waals surface area contributed by atoms with Crippen LogP contribution in [0.15, 0.2) is 35.2 Å². The van der Waals surface area contributed by atoms with E-state index in [-0.39, 0.29) is 39.5 Å². The molecule has 0 unspecified atom stereocenters. The predicted molar refractivity (Wildman–Crippen MR) is 82.6 cm³/mol. The number of nitrogens with zero attached hydrogens (tertiary/aromatic N) is 1. The minimum atomic E-state index is -4.18. The van der Waals surface area contributed by atoms with Gasteiger partial charge in [-0.25, -0.2) is 22.3 Å². The maximum atomic E-state index is 13.9. The molecule has 2 aromatic rings. The molecule has 0 spiro atoms. The van der Waals surface area contributed by atoms with Crippen LogP contribution in [-0.2, 0) is 16.4 Å². The number of ether oxygens (including phenoxy) is 1. The summed E-state index contributed by atoms with van der Waals surface area (Å²) in [7, 11) is -4.18. The lowest BCUT2D eigenvalue weighted by Crippen LogP contribution is -2.17. The van der Waals surface area contributed by atoms with Gasteiger partial charge in [-0.15, -0.1) is 0 Å². The molecule has 0 fully saturated rings. The van der Waals surface area contributed by atoms with Crippen LogP contribution in [0.3, 0.4) is 0 Å². The summed E-state index contributed by atoms with van der Waals surface area (Å²) in [6, 6.07) is 7.44. The first kappa shape index (κ1) is 17.3. The Morgan fingerprint density at radius 3 is 2.68 bits per heavy atom. The first-order chi connectivity index (χ1) is 11.7. The molecule has 0 bridgehead atoms. The molecule has 1 aliphatic rings. The normalized spacial score (nSPS) is 19.3. The number of hydrogen-bond donors (Lipinski definition) is 2. The van der Waals surface area contributed by atoms with Crippen LogP contribution in [0.1, 0.15) is 22.8 Å². The third-order valence-electron chi connectivity index (χ3n) is 3.85. The van der Waals surface area contributed by atoms with Gasteiger partial charge in [-0.3, -0.25) is 0 Å². The quantitative estimate of drug-likeness (QED) is 0.863. The molecule has 0 radical (unpaired) electrons. The van der Waals surface area contributed by atoms with Crippen LogP contribution in [0.4, 0.5) is 8.78 Å². The monoisotopic (exact) mass is 366 g/mol. The Morgan fingerprint density at radius 2 is 2.04 bits per heavy atom. The second-order valence-electron chi connectivity index (χ2n) is 5.55. The van der Waals surface area contributed by atoms with Crippen LogP contribution in [0.5, 0.6) is 11.5 Å². The predicted octanol–water partition coefficient (Wildman–Crippen LogP) is 2.06. The first-order valence-electron chi connectivity index (χ1n) is 7.10. The largest absolute Gasteiger partial charge is 0.457 e. The highest BCUT2D eigenvalue weighted by Gasteiger charge is 2.38. The van der Waals surface area contributed by atoms with Crippen molar-refractivity contribution in [1.29, 1.82) is 5.26 Å². The maximum absolute atomic E-state index is 13.9. The number of aliphatic hydroxyl groups is 1. The van der Waals surface area contributed by atoms with Gasteiger partial charge in [-0.1, -0.05) is 0 Å². The summed E-state index contributed by atoms with van der Waals surface area (Å²) < 4.78 is 56.3. The second kappa shape index (κ2) is 6.07. The third kappa shape index (κ3) is 3.19. The summed E-state index contributed by atoms with van der Waals surface area (Å²) in [6.07, 6.45) is -3.66. The molecular weight excluding hydrogens is 354 g/mol. The van der Waals surface area contributed by atoms with Gasteiger partial charge >= 0.3 is 0 Å². The number of sulfonamides is 1. The number of halogens is 2. The number of alkyl halides is 1. The summed E-state index contributed by atoms with van der Waals surface area (Å²) in [6.45, 7) is 0. The minimum Gasteiger partial charge on any atom is -0.457 e. The number of fused-ring (bicyclic) bond motifs is 1. The van der Waals surface area contributed by atoms with Gasteiger partial charge in [0.25, 0.3) is 0 Å². The fraction of sp³-hybridized carbons (Fsp3) is 0.188. The lowest BCUT2D eigenvalue weighted by molar-refractivity contribution is 0.0907.